The highest BCUT2D eigenvalue weighted by Crippen LogP contribution is 2.32. The third kappa shape index (κ3) is 3.70. The van der Waals surface area contributed by atoms with Gasteiger partial charge in [0.2, 0.25) is 5.91 Å². The van der Waals surface area contributed by atoms with Crippen molar-refractivity contribution in [1.82, 2.24) is 0 Å². The predicted molar refractivity (Wildman–Crippen MR) is 76.4 cm³/mol. The van der Waals surface area contributed by atoms with Crippen LogP contribution in [0.25, 0.3) is 0 Å². The molecule has 4 nitrogen and oxygen atoms in total. The monoisotopic (exact) mass is 280 g/mol. The first kappa shape index (κ1) is 14.8. The van der Waals surface area contributed by atoms with Crippen LogP contribution in [0.4, 0.5) is 10.1 Å². The lowest BCUT2D eigenvalue weighted by Crippen LogP contribution is -2.29. The summed E-state index contributed by atoms with van der Waals surface area (Å²) >= 11 is 0. The van der Waals surface area contributed by atoms with E-state index in [9.17, 15) is 9.18 Å². The van der Waals surface area contributed by atoms with E-state index in [-0.39, 0.29) is 24.3 Å². The summed E-state index contributed by atoms with van der Waals surface area (Å²) in [4.78, 5) is 12.2. The lowest BCUT2D eigenvalue weighted by atomic mass is 9.95. The molecule has 5 heteroatoms. The number of carbonyl (C=O) groups excluding carboxylic acids is 1. The van der Waals surface area contributed by atoms with Crippen LogP contribution >= 0.6 is 0 Å². The SMILES string of the molecule is NC[C@H]1CCC[C@H]1C(=O)Nc1cccc(OCCF)c1. The summed E-state index contributed by atoms with van der Waals surface area (Å²) in [6.07, 6.45) is 2.97. The second-order valence-electron chi connectivity index (χ2n) is 5.09. The van der Waals surface area contributed by atoms with Crippen molar-refractivity contribution in [1.29, 1.82) is 0 Å². The van der Waals surface area contributed by atoms with Gasteiger partial charge in [0, 0.05) is 17.7 Å². The van der Waals surface area contributed by atoms with Crippen molar-refractivity contribution < 1.29 is 13.9 Å². The Balaban J connectivity index is 1.97. The van der Waals surface area contributed by atoms with Gasteiger partial charge in [-0.05, 0) is 37.4 Å². The van der Waals surface area contributed by atoms with Gasteiger partial charge in [-0.25, -0.2) is 4.39 Å². The third-order valence-electron chi connectivity index (χ3n) is 3.75. The molecule has 0 aromatic heterocycles. The van der Waals surface area contributed by atoms with E-state index in [1.807, 2.05) is 0 Å². The molecule has 0 saturated heterocycles. The minimum absolute atomic E-state index is 0.00424. The van der Waals surface area contributed by atoms with Crippen LogP contribution in [-0.4, -0.2) is 25.7 Å². The average molecular weight is 280 g/mol. The first-order valence-corrected chi connectivity index (χ1v) is 7.04. The number of rotatable bonds is 6. The van der Waals surface area contributed by atoms with Crippen molar-refractivity contribution in [3.8, 4) is 5.75 Å². The number of ether oxygens (including phenoxy) is 1. The molecule has 0 bridgehead atoms. The standard InChI is InChI=1S/C15H21FN2O2/c16-7-8-20-13-5-2-4-12(9-13)18-15(19)14-6-1-3-11(14)10-17/h2,4-5,9,11,14H,1,3,6-8,10,17H2,(H,18,19)/t11-,14-/m1/s1. The van der Waals surface area contributed by atoms with Crippen LogP contribution in [-0.2, 0) is 4.79 Å². The van der Waals surface area contributed by atoms with Gasteiger partial charge in [-0.3, -0.25) is 4.79 Å². The van der Waals surface area contributed by atoms with Crippen molar-refractivity contribution in [2.24, 2.45) is 17.6 Å². The molecule has 0 unspecified atom stereocenters. The van der Waals surface area contributed by atoms with Crippen molar-refractivity contribution in [2.45, 2.75) is 19.3 Å². The zero-order chi connectivity index (χ0) is 14.4. The molecule has 3 N–H and O–H groups in total. The zero-order valence-corrected chi connectivity index (χ0v) is 11.5. The largest absolute Gasteiger partial charge is 0.491 e. The highest BCUT2D eigenvalue weighted by molar-refractivity contribution is 5.93. The Bertz CT molecular complexity index is 453. The minimum atomic E-state index is -0.531. The molecule has 1 amide bonds. The number of hydrogen-bond donors (Lipinski definition) is 2. The third-order valence-corrected chi connectivity index (χ3v) is 3.75. The Morgan fingerprint density at radius 3 is 3.05 bits per heavy atom. The fourth-order valence-corrected chi connectivity index (χ4v) is 2.72. The van der Waals surface area contributed by atoms with Crippen LogP contribution in [0.2, 0.25) is 0 Å². The Kier molecular flexibility index (Phi) is 5.35. The lowest BCUT2D eigenvalue weighted by Gasteiger charge is -2.17. The number of alkyl halides is 1. The van der Waals surface area contributed by atoms with Crippen molar-refractivity contribution >= 4 is 11.6 Å². The molecule has 1 saturated carbocycles. The number of nitrogens with two attached hydrogens (primary N) is 1. The van der Waals surface area contributed by atoms with Crippen LogP contribution in [0.3, 0.4) is 0 Å². The van der Waals surface area contributed by atoms with Crippen molar-refractivity contribution in [3.05, 3.63) is 24.3 Å². The van der Waals surface area contributed by atoms with E-state index in [1.165, 1.54) is 0 Å². The summed E-state index contributed by atoms with van der Waals surface area (Å²) < 4.78 is 17.3. The molecule has 1 fully saturated rings. The summed E-state index contributed by atoms with van der Waals surface area (Å²) in [5, 5.41) is 2.90. The second-order valence-corrected chi connectivity index (χ2v) is 5.09. The quantitative estimate of drug-likeness (QED) is 0.840. The highest BCUT2D eigenvalue weighted by atomic mass is 19.1. The van der Waals surface area contributed by atoms with Crippen LogP contribution in [0, 0.1) is 11.8 Å². The van der Waals surface area contributed by atoms with Crippen molar-refractivity contribution in [2.75, 3.05) is 25.1 Å². The van der Waals surface area contributed by atoms with E-state index in [0.717, 1.165) is 19.3 Å². The number of halogens is 1. The van der Waals surface area contributed by atoms with E-state index in [4.69, 9.17) is 10.5 Å². The van der Waals surface area contributed by atoms with E-state index in [2.05, 4.69) is 5.32 Å². The van der Waals surface area contributed by atoms with Gasteiger partial charge in [0.15, 0.2) is 0 Å². The smallest absolute Gasteiger partial charge is 0.227 e. The van der Waals surface area contributed by atoms with Crippen LogP contribution in [0.1, 0.15) is 19.3 Å². The van der Waals surface area contributed by atoms with Crippen LogP contribution in [0.15, 0.2) is 24.3 Å². The van der Waals surface area contributed by atoms with Gasteiger partial charge in [-0.15, -0.1) is 0 Å². The Morgan fingerprint density at radius 2 is 2.30 bits per heavy atom. The minimum Gasteiger partial charge on any atom is -0.491 e. The molecule has 0 aliphatic heterocycles. The number of nitrogens with one attached hydrogen (secondary N) is 1. The number of hydrogen-bond acceptors (Lipinski definition) is 3. The maximum atomic E-state index is 12.2. The van der Waals surface area contributed by atoms with Gasteiger partial charge in [-0.2, -0.15) is 0 Å². The van der Waals surface area contributed by atoms with Crippen molar-refractivity contribution in [3.63, 3.8) is 0 Å². The Hall–Kier alpha value is -1.62. The summed E-state index contributed by atoms with van der Waals surface area (Å²) in [5.74, 6) is 0.847. The number of carbonyl (C=O) groups is 1. The van der Waals surface area contributed by atoms with Crippen LogP contribution < -0.4 is 15.8 Å². The fourth-order valence-electron chi connectivity index (χ4n) is 2.72. The van der Waals surface area contributed by atoms with E-state index in [1.54, 1.807) is 24.3 Å². The molecule has 0 spiro atoms. The van der Waals surface area contributed by atoms with Gasteiger partial charge < -0.3 is 15.8 Å². The molecular weight excluding hydrogens is 259 g/mol. The van der Waals surface area contributed by atoms with Gasteiger partial charge in [0.1, 0.15) is 19.0 Å². The molecule has 1 aromatic rings. The van der Waals surface area contributed by atoms with E-state index >= 15 is 0 Å². The molecule has 2 atom stereocenters. The first-order chi connectivity index (χ1) is 9.74. The normalized spacial score (nSPS) is 21.7. The molecule has 20 heavy (non-hydrogen) atoms. The van der Waals surface area contributed by atoms with Gasteiger partial charge >= 0.3 is 0 Å². The maximum Gasteiger partial charge on any atom is 0.227 e. The summed E-state index contributed by atoms with van der Waals surface area (Å²) in [7, 11) is 0. The van der Waals surface area contributed by atoms with Gasteiger partial charge in [-0.1, -0.05) is 12.5 Å². The molecule has 1 aliphatic rings. The molecular formula is C15H21FN2O2. The molecule has 0 heterocycles. The molecule has 1 aromatic carbocycles. The second kappa shape index (κ2) is 7.24. The van der Waals surface area contributed by atoms with E-state index < -0.39 is 6.67 Å². The summed E-state index contributed by atoms with van der Waals surface area (Å²) in [6.45, 7) is 0.0455. The van der Waals surface area contributed by atoms with Crippen LogP contribution in [0.5, 0.6) is 5.75 Å². The number of amides is 1. The first-order valence-electron chi connectivity index (χ1n) is 7.04. The Labute approximate surface area is 118 Å². The predicted octanol–water partition coefficient (Wildman–Crippen LogP) is 2.35. The molecule has 110 valence electrons. The zero-order valence-electron chi connectivity index (χ0n) is 11.5. The number of benzene rings is 1. The topological polar surface area (TPSA) is 64.4 Å². The lowest BCUT2D eigenvalue weighted by molar-refractivity contribution is -0.120. The fraction of sp³-hybridized carbons (Fsp3) is 0.533. The number of anilines is 1. The molecule has 2 rings (SSSR count). The Morgan fingerprint density at radius 1 is 1.45 bits per heavy atom. The van der Waals surface area contributed by atoms with Gasteiger partial charge in [0.05, 0.1) is 0 Å². The van der Waals surface area contributed by atoms with E-state index in [0.29, 0.717) is 18.0 Å². The molecule has 1 aliphatic carbocycles. The maximum absolute atomic E-state index is 12.2. The molecule has 0 radical (unpaired) electrons. The summed E-state index contributed by atoms with van der Waals surface area (Å²) in [5.41, 5.74) is 6.37. The average Bonchev–Trinajstić information content (AvgIpc) is 2.94. The van der Waals surface area contributed by atoms with Gasteiger partial charge in [0.25, 0.3) is 0 Å². The summed E-state index contributed by atoms with van der Waals surface area (Å²) in [6, 6.07) is 7.02. The highest BCUT2D eigenvalue weighted by Gasteiger charge is 2.31.